The van der Waals surface area contributed by atoms with Gasteiger partial charge in [-0.2, -0.15) is 5.10 Å². The van der Waals surface area contributed by atoms with Gasteiger partial charge in [-0.3, -0.25) is 14.0 Å². The molecule has 0 aliphatic carbocycles. The Bertz CT molecular complexity index is 867. The fraction of sp³-hybridized carbons (Fsp3) is 0.214. The van der Waals surface area contributed by atoms with Crippen LogP contribution in [-0.2, 0) is 20.1 Å². The fourth-order valence-corrected chi connectivity index (χ4v) is 2.21. The van der Waals surface area contributed by atoms with E-state index in [-0.39, 0.29) is 24.5 Å². The quantitative estimate of drug-likeness (QED) is 0.772. The smallest absolute Gasteiger partial charge is 0.264 e. The van der Waals surface area contributed by atoms with E-state index in [1.807, 2.05) is 0 Å². The zero-order valence-electron chi connectivity index (χ0n) is 11.5. The lowest BCUT2D eigenvalue weighted by atomic mass is 10.1. The molecule has 0 bridgehead atoms. The molecule has 0 unspecified atom stereocenters. The van der Waals surface area contributed by atoms with Crippen molar-refractivity contribution in [3.63, 3.8) is 0 Å². The first kappa shape index (κ1) is 13.4. The highest BCUT2D eigenvalue weighted by atomic mass is 19.1. The third-order valence-electron chi connectivity index (χ3n) is 3.41. The van der Waals surface area contributed by atoms with E-state index in [9.17, 15) is 9.18 Å². The molecular formula is C14H14FN5O. The molecule has 0 saturated carbocycles. The number of hydrogen-bond donors (Lipinski definition) is 1. The van der Waals surface area contributed by atoms with Gasteiger partial charge < -0.3 is 5.73 Å². The van der Waals surface area contributed by atoms with E-state index < -0.39 is 0 Å². The zero-order chi connectivity index (χ0) is 15.0. The lowest BCUT2D eigenvalue weighted by Gasteiger charge is -2.08. The minimum atomic E-state index is -0.379. The Kier molecular flexibility index (Phi) is 3.26. The second-order valence-electron chi connectivity index (χ2n) is 4.81. The van der Waals surface area contributed by atoms with Gasteiger partial charge in [0.1, 0.15) is 17.5 Å². The van der Waals surface area contributed by atoms with Crippen molar-refractivity contribution in [3.05, 3.63) is 58.0 Å². The maximum atomic E-state index is 14.0. The number of halogens is 1. The molecule has 108 valence electrons. The van der Waals surface area contributed by atoms with Crippen LogP contribution in [0.25, 0.3) is 11.0 Å². The first-order chi connectivity index (χ1) is 10.1. The van der Waals surface area contributed by atoms with Gasteiger partial charge in [-0.15, -0.1) is 0 Å². The van der Waals surface area contributed by atoms with Crippen LogP contribution in [0.15, 0.2) is 35.5 Å². The second-order valence-corrected chi connectivity index (χ2v) is 4.81. The molecule has 0 saturated heterocycles. The Balaban J connectivity index is 2.02. The monoisotopic (exact) mass is 287 g/mol. The van der Waals surface area contributed by atoms with Crippen LogP contribution in [0.2, 0.25) is 0 Å². The van der Waals surface area contributed by atoms with Crippen LogP contribution in [-0.4, -0.2) is 19.3 Å². The minimum Gasteiger partial charge on any atom is -0.326 e. The predicted molar refractivity (Wildman–Crippen MR) is 76.2 cm³/mol. The molecule has 7 heteroatoms. The maximum absolute atomic E-state index is 14.0. The van der Waals surface area contributed by atoms with E-state index in [1.54, 1.807) is 19.2 Å². The molecule has 0 spiro atoms. The first-order valence-corrected chi connectivity index (χ1v) is 6.44. The number of aryl methyl sites for hydroxylation is 1. The van der Waals surface area contributed by atoms with Crippen molar-refractivity contribution in [1.82, 2.24) is 19.3 Å². The van der Waals surface area contributed by atoms with Gasteiger partial charge in [-0.25, -0.2) is 9.37 Å². The molecule has 0 amide bonds. The molecular weight excluding hydrogens is 273 g/mol. The predicted octanol–water partition coefficient (Wildman–Crippen LogP) is 0.776. The Morgan fingerprint density at radius 2 is 2.19 bits per heavy atom. The zero-order valence-corrected chi connectivity index (χ0v) is 11.5. The summed E-state index contributed by atoms with van der Waals surface area (Å²) in [5, 5.41) is 4.41. The normalized spacial score (nSPS) is 11.2. The van der Waals surface area contributed by atoms with Gasteiger partial charge in [-0.05, 0) is 11.6 Å². The van der Waals surface area contributed by atoms with Crippen LogP contribution in [0, 0.1) is 5.82 Å². The molecule has 0 aliphatic rings. The maximum Gasteiger partial charge on any atom is 0.264 e. The molecule has 1 aromatic carbocycles. The topological polar surface area (TPSA) is 78.7 Å². The van der Waals surface area contributed by atoms with Crippen LogP contribution in [0.1, 0.15) is 11.1 Å². The average molecular weight is 287 g/mol. The summed E-state index contributed by atoms with van der Waals surface area (Å²) in [5.41, 5.74) is 6.87. The van der Waals surface area contributed by atoms with Crippen molar-refractivity contribution in [3.8, 4) is 0 Å². The Morgan fingerprint density at radius 3 is 2.90 bits per heavy atom. The highest BCUT2D eigenvalue weighted by Gasteiger charge is 2.10. The molecule has 0 aliphatic heterocycles. The van der Waals surface area contributed by atoms with Crippen molar-refractivity contribution in [2.75, 3.05) is 0 Å². The van der Waals surface area contributed by atoms with Crippen LogP contribution in [0.3, 0.4) is 0 Å². The van der Waals surface area contributed by atoms with E-state index in [0.29, 0.717) is 22.2 Å². The van der Waals surface area contributed by atoms with Gasteiger partial charge in [-0.1, -0.05) is 12.1 Å². The molecule has 2 N–H and O–H groups in total. The van der Waals surface area contributed by atoms with Crippen molar-refractivity contribution in [2.45, 2.75) is 13.1 Å². The number of nitrogens with zero attached hydrogens (tertiary/aromatic N) is 4. The summed E-state index contributed by atoms with van der Waals surface area (Å²) in [6, 6.07) is 4.77. The van der Waals surface area contributed by atoms with E-state index >= 15 is 0 Å². The largest absolute Gasteiger partial charge is 0.326 e. The Morgan fingerprint density at radius 1 is 1.38 bits per heavy atom. The highest BCUT2D eigenvalue weighted by molar-refractivity contribution is 5.72. The second kappa shape index (κ2) is 5.10. The molecule has 0 fully saturated rings. The van der Waals surface area contributed by atoms with E-state index in [0.717, 1.165) is 0 Å². The first-order valence-electron chi connectivity index (χ1n) is 6.44. The summed E-state index contributed by atoms with van der Waals surface area (Å²) < 4.78 is 16.9. The molecule has 21 heavy (non-hydrogen) atoms. The van der Waals surface area contributed by atoms with Crippen LogP contribution in [0.4, 0.5) is 4.39 Å². The lowest BCUT2D eigenvalue weighted by Crippen LogP contribution is -2.21. The van der Waals surface area contributed by atoms with Crippen LogP contribution in [0.5, 0.6) is 0 Å². The average Bonchev–Trinajstić information content (AvgIpc) is 2.86. The van der Waals surface area contributed by atoms with E-state index in [1.165, 1.54) is 27.8 Å². The molecule has 0 atom stereocenters. The summed E-state index contributed by atoms with van der Waals surface area (Å²) in [5.74, 6) is -0.379. The number of fused-ring (bicyclic) bond motifs is 1. The fourth-order valence-electron chi connectivity index (χ4n) is 2.21. The molecule has 6 nitrogen and oxygen atoms in total. The number of benzene rings is 1. The number of rotatable bonds is 3. The van der Waals surface area contributed by atoms with E-state index in [2.05, 4.69) is 10.1 Å². The summed E-state index contributed by atoms with van der Waals surface area (Å²) in [6.07, 6.45) is 2.87. The highest BCUT2D eigenvalue weighted by Crippen LogP contribution is 2.12. The summed E-state index contributed by atoms with van der Waals surface area (Å²) in [6.45, 7) is 0.397. The minimum absolute atomic E-state index is 0.118. The van der Waals surface area contributed by atoms with E-state index in [4.69, 9.17) is 5.73 Å². The SMILES string of the molecule is Cn1ncc2c(=O)n(Cc3ccc(CN)cc3F)cnc21. The standard InChI is InChI=1S/C14H14FN5O/c1-19-13-11(6-18-19)14(21)20(8-17-13)7-10-3-2-9(5-16)4-12(10)15/h2-4,6,8H,5,7,16H2,1H3. The van der Waals surface area contributed by atoms with Crippen LogP contribution >= 0.6 is 0 Å². The van der Waals surface area contributed by atoms with Gasteiger partial charge in [0.15, 0.2) is 5.65 Å². The molecule has 2 heterocycles. The third-order valence-corrected chi connectivity index (χ3v) is 3.41. The van der Waals surface area contributed by atoms with Gasteiger partial charge in [0.05, 0.1) is 12.7 Å². The van der Waals surface area contributed by atoms with Crippen LogP contribution < -0.4 is 11.3 Å². The summed E-state index contributed by atoms with van der Waals surface area (Å²) >= 11 is 0. The Labute approximate surface area is 119 Å². The lowest BCUT2D eigenvalue weighted by molar-refractivity contribution is 0.593. The van der Waals surface area contributed by atoms with Gasteiger partial charge in [0.25, 0.3) is 5.56 Å². The number of aromatic nitrogens is 4. The van der Waals surface area contributed by atoms with Crippen molar-refractivity contribution < 1.29 is 4.39 Å². The number of nitrogens with two attached hydrogens (primary N) is 1. The Hall–Kier alpha value is -2.54. The molecule has 0 radical (unpaired) electrons. The molecule has 3 aromatic rings. The molecule has 3 rings (SSSR count). The third kappa shape index (κ3) is 2.31. The van der Waals surface area contributed by atoms with Crippen molar-refractivity contribution >= 4 is 11.0 Å². The number of hydrogen-bond acceptors (Lipinski definition) is 4. The van der Waals surface area contributed by atoms with Gasteiger partial charge >= 0.3 is 0 Å². The summed E-state index contributed by atoms with van der Waals surface area (Å²) in [7, 11) is 1.71. The van der Waals surface area contributed by atoms with Gasteiger partial charge in [0, 0.05) is 19.2 Å². The van der Waals surface area contributed by atoms with Crippen molar-refractivity contribution in [2.24, 2.45) is 12.8 Å². The summed E-state index contributed by atoms with van der Waals surface area (Å²) in [4.78, 5) is 16.5. The molecule has 2 aromatic heterocycles. The van der Waals surface area contributed by atoms with Gasteiger partial charge in [0.2, 0.25) is 0 Å². The van der Waals surface area contributed by atoms with Crippen molar-refractivity contribution in [1.29, 1.82) is 0 Å².